The molecule has 9 rings (SSSR count). The summed E-state index contributed by atoms with van der Waals surface area (Å²) in [4.78, 5) is 108. The minimum atomic E-state index is -2.16. The molecule has 0 radical (unpaired) electrons. The summed E-state index contributed by atoms with van der Waals surface area (Å²) in [6, 6.07) is 16.3. The number of aromatic nitrogens is 2. The van der Waals surface area contributed by atoms with E-state index in [2.05, 4.69) is 68.0 Å². The second kappa shape index (κ2) is 34.0. The van der Waals surface area contributed by atoms with Crippen molar-refractivity contribution < 1.29 is 122 Å². The molecule has 7 amide bonds. The van der Waals surface area contributed by atoms with E-state index in [1.54, 1.807) is 12.1 Å². The largest absolute Gasteiger partial charge is 1.00 e. The van der Waals surface area contributed by atoms with Gasteiger partial charge in [-0.25, -0.2) is 6.57 Å². The van der Waals surface area contributed by atoms with Crippen molar-refractivity contribution in [2.24, 2.45) is 5.92 Å². The molecule has 4 aromatic carbocycles. The van der Waals surface area contributed by atoms with Gasteiger partial charge in [-0.15, -0.1) is 14.5 Å². The van der Waals surface area contributed by atoms with Crippen LogP contribution in [0.2, 0.25) is 0 Å². The van der Waals surface area contributed by atoms with Gasteiger partial charge in [-0.05, 0) is 79.4 Å². The van der Waals surface area contributed by atoms with E-state index in [0.29, 0.717) is 22.2 Å². The van der Waals surface area contributed by atoms with Crippen LogP contribution in [0.25, 0.3) is 26.0 Å². The second-order valence-electron chi connectivity index (χ2n) is 23.4. The number of aliphatic hydroxyl groups excluding tert-OH is 6. The molecule has 0 aliphatic carbocycles. The maximum Gasteiger partial charge on any atom is 1.00 e. The minimum absolute atomic E-state index is 0. The molecule has 0 spiro atoms. The molecule has 33 heteroatoms. The molecule has 5 heterocycles. The summed E-state index contributed by atoms with van der Waals surface area (Å²) in [5.41, 5.74) is 3.75. The molecule has 4 fully saturated rings. The predicted molar refractivity (Wildman–Crippen MR) is 332 cm³/mol. The van der Waals surface area contributed by atoms with E-state index < -0.39 is 165 Å². The first-order valence-corrected chi connectivity index (χ1v) is 31.7. The average Bonchev–Trinajstić information content (AvgIpc) is 1.71. The van der Waals surface area contributed by atoms with Crippen LogP contribution in [0.15, 0.2) is 97.1 Å². The van der Waals surface area contributed by atoms with Crippen LogP contribution in [0.4, 0.5) is 5.69 Å². The third kappa shape index (κ3) is 18.6. The van der Waals surface area contributed by atoms with Crippen molar-refractivity contribution in [1.82, 2.24) is 46.6 Å². The normalized spacial score (nSPS) is 25.2. The van der Waals surface area contributed by atoms with Gasteiger partial charge in [-0.2, -0.15) is 0 Å². The molecular weight excluding hydrogens is 1290 g/mol. The van der Waals surface area contributed by atoms with E-state index in [4.69, 9.17) is 15.5 Å². The molecule has 13 atom stereocenters. The fourth-order valence-electron chi connectivity index (χ4n) is 11.6. The summed E-state index contributed by atoms with van der Waals surface area (Å²) in [7, 11) is 0. The first-order chi connectivity index (χ1) is 45.1. The Balaban J connectivity index is 0.0000116. The molecular formula is C62H72N11NaO19S2. The van der Waals surface area contributed by atoms with E-state index in [1.165, 1.54) is 36.5 Å². The maximum atomic E-state index is 14.7. The fraction of sp³-hybridized carbons (Fsp3) is 0.452. The summed E-state index contributed by atoms with van der Waals surface area (Å²) in [5.74, 6) is -9.72. The number of piperidine rings is 1. The minimum Gasteiger partial charge on any atom is -0.691 e. The average molecular weight is 1360 g/mol. The topological polar surface area (TPSA) is 421 Å². The number of nitrogens with zero attached hydrogens (tertiary/aromatic N) is 6. The van der Waals surface area contributed by atoms with E-state index in [-0.39, 0.29) is 71.4 Å². The van der Waals surface area contributed by atoms with Crippen molar-refractivity contribution in [3.8, 4) is 32.6 Å². The van der Waals surface area contributed by atoms with Gasteiger partial charge in [0.25, 0.3) is 18.2 Å². The zero-order valence-electron chi connectivity index (χ0n) is 51.8. The Morgan fingerprint density at radius 3 is 2.07 bits per heavy atom. The number of phenols is 1. The van der Waals surface area contributed by atoms with Crippen LogP contribution >= 0.6 is 23.7 Å². The molecule has 95 heavy (non-hydrogen) atoms. The Labute approximate surface area is 575 Å². The van der Waals surface area contributed by atoms with E-state index in [9.17, 15) is 74.6 Å². The Morgan fingerprint density at radius 2 is 1.42 bits per heavy atom. The van der Waals surface area contributed by atoms with Crippen molar-refractivity contribution in [3.63, 3.8) is 0 Å². The Bertz CT molecular complexity index is 3520. The molecule has 30 nitrogen and oxygen atoms in total. The van der Waals surface area contributed by atoms with Gasteiger partial charge in [0.2, 0.25) is 42.0 Å². The van der Waals surface area contributed by atoms with Crippen molar-refractivity contribution >= 4 is 70.7 Å². The maximum absolute atomic E-state index is 14.7. The predicted octanol–water partition coefficient (Wildman–Crippen LogP) is -4.20. The first-order valence-electron chi connectivity index (χ1n) is 30.2. The van der Waals surface area contributed by atoms with E-state index in [0.717, 1.165) is 71.6 Å². The third-order valence-corrected chi connectivity index (χ3v) is 18.1. The number of rotatable bonds is 18. The summed E-state index contributed by atoms with van der Waals surface area (Å²) >= 11 is 1.32. The van der Waals surface area contributed by atoms with Crippen molar-refractivity contribution in [3.05, 3.63) is 125 Å². The number of benzene rings is 4. The van der Waals surface area contributed by atoms with Crippen LogP contribution in [0.5, 0.6) is 11.5 Å². The number of fused-ring (bicyclic) bond motifs is 2. The Kier molecular flexibility index (Phi) is 26.3. The van der Waals surface area contributed by atoms with Crippen molar-refractivity contribution in [2.45, 2.75) is 132 Å². The number of hydrogen-bond acceptors (Lipinski definition) is 24. The zero-order chi connectivity index (χ0) is 67.3. The molecule has 5 aromatic rings. The zero-order valence-corrected chi connectivity index (χ0v) is 55.5. The number of ether oxygens (including phenoxy) is 1. The number of carbonyl (C=O) groups is 7. The molecule has 502 valence electrons. The Hall–Kier alpha value is -7.43. The van der Waals surface area contributed by atoms with Crippen LogP contribution < -0.4 is 70.5 Å². The number of aromatic hydroxyl groups is 1. The number of hydrogen-bond donors (Lipinski definition) is 12. The van der Waals surface area contributed by atoms with Gasteiger partial charge >= 0.3 is 29.6 Å². The molecule has 4 aliphatic rings. The number of carbonyl (C=O) groups excluding carboxylic acids is 7. The van der Waals surface area contributed by atoms with Gasteiger partial charge in [0.15, 0.2) is 17.6 Å². The molecule has 0 saturated carbocycles. The number of aliphatic hydroxyl groups is 6. The smallest absolute Gasteiger partial charge is 0.691 e. The molecule has 4 aliphatic heterocycles. The summed E-state index contributed by atoms with van der Waals surface area (Å²) in [5, 5.41) is 114. The van der Waals surface area contributed by atoms with Gasteiger partial charge in [0.05, 0.1) is 43.2 Å². The van der Waals surface area contributed by atoms with Gasteiger partial charge in [0, 0.05) is 80.3 Å². The second-order valence-corrected chi connectivity index (χ2v) is 24.9. The standard InChI is InChI=1S/C62H73N11O19S2.Na/c1-32-29-73-52(53(32)80)58(85)64-27-40(75)25-43(65-54(81)36-10-12-37(13-11-36)59-69-70-60(93-59)38-14-16-39(17-15-38)71-21-19-42(20-22-71)89-31-34-7-5-4-6-8-34)55(82)66-49(33(2)74)61(86)72-30-41(76)26-44(72)56(83)67-50(57(84)68-51(62(73)87)47(79)28-63-3)46(78)23-35-9-18-45(77)48(24-35)90-94-92-91-88;/h4-18,24,32-33,40-44,46-47,49-53,74-80,88H,19-23,25-31H2,1-2H3,(H,64,85)(H,65,81)(H,66,82)(H,67,83)(H,68,84);/q;+1/p-1/t32-,33+,40+,41+,43+,44+,46-,47-,49+,50+,51+,52+,53+;/m1./s1. The van der Waals surface area contributed by atoms with Gasteiger partial charge in [-0.3, -0.25) is 38.6 Å². The van der Waals surface area contributed by atoms with Gasteiger partial charge < -0.3 is 96.1 Å². The quantitative estimate of drug-likeness (QED) is 0.00988. The SMILES string of the molecule is [C-]#[N+]C[C@@H](O)[C@@H]1NC(=O)[C@H]([C@H](O)Cc2ccc(O)c(OSOO[O-])c2)NC(=O)[C@@H]2C[C@H](O)CN2C(=O)[C@H]([C@H](C)O)NC(=O)[C@@H](NC(=O)c2ccc(-c3nnc(-c4ccc(N5CCC(OCc6ccccc6)CC5)cc4)s3)cc2)C[C@H](O)CNC(=O)[C@@H]2[C@@H](O)[C@H](C)CN2C1=O.[Na+]. The van der Waals surface area contributed by atoms with Crippen LogP contribution in [0.3, 0.4) is 0 Å². The molecule has 0 bridgehead atoms. The van der Waals surface area contributed by atoms with Crippen molar-refractivity contribution in [2.75, 3.05) is 44.2 Å². The molecule has 1 aromatic heterocycles. The van der Waals surface area contributed by atoms with E-state index >= 15 is 0 Å². The van der Waals surface area contributed by atoms with Crippen LogP contribution in [0.1, 0.15) is 61.0 Å². The van der Waals surface area contributed by atoms with Gasteiger partial charge in [-0.1, -0.05) is 66.8 Å². The van der Waals surface area contributed by atoms with Crippen LogP contribution in [-0.4, -0.2) is 215 Å². The summed E-state index contributed by atoms with van der Waals surface area (Å²) < 4.78 is 15.4. The Morgan fingerprint density at radius 1 is 0.779 bits per heavy atom. The van der Waals surface area contributed by atoms with Gasteiger partial charge in [0.1, 0.15) is 46.3 Å². The summed E-state index contributed by atoms with van der Waals surface area (Å²) in [6.45, 7) is 9.88. The van der Waals surface area contributed by atoms with Crippen LogP contribution in [-0.2, 0) is 55.9 Å². The monoisotopic (exact) mass is 1360 g/mol. The number of phenolic OH excluding ortho intramolecular Hbond substituents is 1. The number of β-amino-alcohol motifs (C(OH)–C–C–N with tert-alkyl or cyclic N) is 1. The number of nitrogens with one attached hydrogen (secondary N) is 5. The molecule has 12 N–H and O–H groups in total. The van der Waals surface area contributed by atoms with Crippen LogP contribution in [0, 0.1) is 12.5 Å². The summed E-state index contributed by atoms with van der Waals surface area (Å²) in [6.07, 6.45) is -10.4. The van der Waals surface area contributed by atoms with E-state index in [1.807, 2.05) is 42.5 Å². The fourth-order valence-corrected chi connectivity index (χ4v) is 12.7. The number of amides is 7. The third-order valence-electron chi connectivity index (χ3n) is 16.7. The number of anilines is 1. The first kappa shape index (κ1) is 73.4. The van der Waals surface area contributed by atoms with Crippen molar-refractivity contribution in [1.29, 1.82) is 0 Å². The molecule has 4 saturated heterocycles. The molecule has 0 unspecified atom stereocenters.